The predicted octanol–water partition coefficient (Wildman–Crippen LogP) is 6.26. The Balaban J connectivity index is 1.72. The Morgan fingerprint density at radius 2 is 1.96 bits per heavy atom. The molecule has 2 aromatic carbocycles. The van der Waals surface area contributed by atoms with E-state index < -0.39 is 0 Å². The monoisotopic (exact) mass is 433 g/mol. The number of halogens is 2. The molecule has 0 spiro atoms. The first-order chi connectivity index (χ1) is 13.5. The Hall–Kier alpha value is -1.95. The zero-order valence-corrected chi connectivity index (χ0v) is 18.1. The molecule has 0 unspecified atom stereocenters. The lowest BCUT2D eigenvalue weighted by Crippen LogP contribution is -2.08. The summed E-state index contributed by atoms with van der Waals surface area (Å²) < 4.78 is 8.01. The Labute approximate surface area is 179 Å². The van der Waals surface area contributed by atoms with E-state index in [0.717, 1.165) is 27.9 Å². The number of benzene rings is 2. The zero-order chi connectivity index (χ0) is 20.1. The van der Waals surface area contributed by atoms with Crippen molar-refractivity contribution in [2.75, 3.05) is 0 Å². The number of rotatable bonds is 8. The Bertz CT molecular complexity index is 988. The number of aromatic nitrogens is 3. The van der Waals surface area contributed by atoms with E-state index in [1.54, 1.807) is 17.8 Å². The first kappa shape index (κ1) is 20.8. The third kappa shape index (κ3) is 4.90. The van der Waals surface area contributed by atoms with Crippen molar-refractivity contribution < 1.29 is 4.74 Å². The molecule has 0 bridgehead atoms. The van der Waals surface area contributed by atoms with E-state index >= 15 is 0 Å². The normalized spacial score (nSPS) is 10.9. The molecular formula is C21H21Cl2N3OS. The molecule has 7 heteroatoms. The number of allylic oxidation sites excluding steroid dienone is 1. The van der Waals surface area contributed by atoms with Gasteiger partial charge in [-0.1, -0.05) is 59.2 Å². The summed E-state index contributed by atoms with van der Waals surface area (Å²) in [5, 5.41) is 10.6. The first-order valence-electron chi connectivity index (χ1n) is 8.78. The van der Waals surface area contributed by atoms with Crippen LogP contribution < -0.4 is 4.74 Å². The second kappa shape index (κ2) is 9.50. The maximum atomic E-state index is 6.10. The van der Waals surface area contributed by atoms with Gasteiger partial charge in [0.25, 0.3) is 0 Å². The summed E-state index contributed by atoms with van der Waals surface area (Å²) in [7, 11) is 0. The highest BCUT2D eigenvalue weighted by atomic mass is 35.5. The highest BCUT2D eigenvalue weighted by molar-refractivity contribution is 7.98. The van der Waals surface area contributed by atoms with Crippen molar-refractivity contribution in [2.24, 2.45) is 0 Å². The lowest BCUT2D eigenvalue weighted by Gasteiger charge is -2.12. The van der Waals surface area contributed by atoms with E-state index in [0.29, 0.717) is 28.9 Å². The van der Waals surface area contributed by atoms with Gasteiger partial charge in [-0.3, -0.25) is 4.57 Å². The molecule has 0 N–H and O–H groups in total. The molecule has 1 heterocycles. The van der Waals surface area contributed by atoms with E-state index in [2.05, 4.69) is 36.7 Å². The van der Waals surface area contributed by atoms with Gasteiger partial charge >= 0.3 is 0 Å². The number of hydrogen-bond donors (Lipinski definition) is 0. The van der Waals surface area contributed by atoms with Crippen LogP contribution in [0.3, 0.4) is 0 Å². The van der Waals surface area contributed by atoms with Gasteiger partial charge in [0.1, 0.15) is 12.4 Å². The highest BCUT2D eigenvalue weighted by Gasteiger charge is 2.13. The van der Waals surface area contributed by atoms with Gasteiger partial charge in [0.2, 0.25) is 0 Å². The highest BCUT2D eigenvalue weighted by Crippen LogP contribution is 2.28. The lowest BCUT2D eigenvalue weighted by molar-refractivity contribution is 0.287. The average molecular weight is 434 g/mol. The summed E-state index contributed by atoms with van der Waals surface area (Å²) in [5.41, 5.74) is 3.40. The van der Waals surface area contributed by atoms with Crippen LogP contribution in [-0.4, -0.2) is 14.8 Å². The second-order valence-electron chi connectivity index (χ2n) is 6.32. The molecule has 0 aliphatic heterocycles. The van der Waals surface area contributed by atoms with Crippen molar-refractivity contribution in [1.29, 1.82) is 0 Å². The molecule has 4 nitrogen and oxygen atoms in total. The van der Waals surface area contributed by atoms with Gasteiger partial charge < -0.3 is 4.74 Å². The van der Waals surface area contributed by atoms with Crippen molar-refractivity contribution in [3.8, 4) is 5.75 Å². The quantitative estimate of drug-likeness (QED) is 0.310. The van der Waals surface area contributed by atoms with Crippen molar-refractivity contribution in [2.45, 2.75) is 37.9 Å². The standard InChI is InChI=1S/C21H21Cl2N3OS/c1-4-10-26-20(12-27-19-7-5-6-14(2)15(19)3)24-25-21(26)28-13-16-8-9-17(22)18(23)11-16/h4-9,11H,1,10,12-13H2,2-3H3. The minimum Gasteiger partial charge on any atom is -0.485 e. The molecule has 28 heavy (non-hydrogen) atoms. The molecule has 1 aromatic heterocycles. The fourth-order valence-electron chi connectivity index (χ4n) is 2.65. The largest absolute Gasteiger partial charge is 0.485 e. The van der Waals surface area contributed by atoms with E-state index in [1.807, 2.05) is 34.9 Å². The fourth-order valence-corrected chi connectivity index (χ4v) is 3.88. The van der Waals surface area contributed by atoms with Crippen LogP contribution in [0.15, 0.2) is 54.2 Å². The SMILES string of the molecule is C=CCn1c(COc2cccc(C)c2C)nnc1SCc1ccc(Cl)c(Cl)c1. The number of aryl methyl sites for hydroxylation is 1. The number of hydrogen-bond acceptors (Lipinski definition) is 4. The van der Waals surface area contributed by atoms with E-state index in [4.69, 9.17) is 27.9 Å². The first-order valence-corrected chi connectivity index (χ1v) is 10.5. The van der Waals surface area contributed by atoms with Crippen molar-refractivity contribution in [1.82, 2.24) is 14.8 Å². The molecule has 0 atom stereocenters. The summed E-state index contributed by atoms with van der Waals surface area (Å²) in [4.78, 5) is 0. The zero-order valence-electron chi connectivity index (χ0n) is 15.8. The van der Waals surface area contributed by atoms with Gasteiger partial charge in [-0.15, -0.1) is 16.8 Å². The third-order valence-corrected chi connectivity index (χ3v) is 6.15. The number of ether oxygens (including phenoxy) is 1. The van der Waals surface area contributed by atoms with Crippen molar-refractivity contribution >= 4 is 35.0 Å². The fraction of sp³-hybridized carbons (Fsp3) is 0.238. The average Bonchev–Trinajstić information content (AvgIpc) is 3.06. The predicted molar refractivity (Wildman–Crippen MR) is 116 cm³/mol. The molecule has 0 saturated carbocycles. The molecule has 0 amide bonds. The maximum absolute atomic E-state index is 6.10. The number of thioether (sulfide) groups is 1. The van der Waals surface area contributed by atoms with Gasteiger partial charge in [0.15, 0.2) is 11.0 Å². The molecule has 3 rings (SSSR count). The van der Waals surface area contributed by atoms with Crippen molar-refractivity contribution in [3.05, 3.63) is 81.6 Å². The molecule has 0 fully saturated rings. The summed E-state index contributed by atoms with van der Waals surface area (Å²) >= 11 is 13.7. The lowest BCUT2D eigenvalue weighted by atomic mass is 10.1. The Morgan fingerprint density at radius 3 is 2.71 bits per heavy atom. The molecule has 0 saturated heterocycles. The van der Waals surface area contributed by atoms with Crippen LogP contribution >= 0.6 is 35.0 Å². The van der Waals surface area contributed by atoms with Gasteiger partial charge in [-0.25, -0.2) is 0 Å². The van der Waals surface area contributed by atoms with E-state index in [1.165, 1.54) is 5.56 Å². The minimum atomic E-state index is 0.346. The van der Waals surface area contributed by atoms with Crippen LogP contribution in [0.2, 0.25) is 10.0 Å². The summed E-state index contributed by atoms with van der Waals surface area (Å²) in [5.74, 6) is 2.33. The van der Waals surface area contributed by atoms with Crippen molar-refractivity contribution in [3.63, 3.8) is 0 Å². The molecule has 0 radical (unpaired) electrons. The smallest absolute Gasteiger partial charge is 0.191 e. The Kier molecular flexibility index (Phi) is 7.05. The van der Waals surface area contributed by atoms with Crippen LogP contribution in [0.5, 0.6) is 5.75 Å². The molecule has 3 aromatic rings. The summed E-state index contributed by atoms with van der Waals surface area (Å²) in [6.45, 7) is 8.92. The van der Waals surface area contributed by atoms with Crippen LogP contribution in [0.4, 0.5) is 0 Å². The van der Waals surface area contributed by atoms with Crippen LogP contribution in [0.25, 0.3) is 0 Å². The third-order valence-electron chi connectivity index (χ3n) is 4.37. The Morgan fingerprint density at radius 1 is 1.14 bits per heavy atom. The van der Waals surface area contributed by atoms with Gasteiger partial charge in [0.05, 0.1) is 10.0 Å². The summed E-state index contributed by atoms with van der Waals surface area (Å²) in [6, 6.07) is 11.7. The van der Waals surface area contributed by atoms with Gasteiger partial charge in [-0.2, -0.15) is 0 Å². The maximum Gasteiger partial charge on any atom is 0.191 e. The van der Waals surface area contributed by atoms with E-state index in [-0.39, 0.29) is 0 Å². The number of nitrogens with zero attached hydrogens (tertiary/aromatic N) is 3. The topological polar surface area (TPSA) is 39.9 Å². The van der Waals surface area contributed by atoms with Crippen LogP contribution in [-0.2, 0) is 18.9 Å². The van der Waals surface area contributed by atoms with Gasteiger partial charge in [-0.05, 0) is 48.7 Å². The second-order valence-corrected chi connectivity index (χ2v) is 8.08. The van der Waals surface area contributed by atoms with Gasteiger partial charge in [0, 0.05) is 12.3 Å². The molecule has 0 aliphatic carbocycles. The van der Waals surface area contributed by atoms with Crippen LogP contribution in [0.1, 0.15) is 22.5 Å². The summed E-state index contributed by atoms with van der Waals surface area (Å²) in [6.07, 6.45) is 1.83. The van der Waals surface area contributed by atoms with E-state index in [9.17, 15) is 0 Å². The molecular weight excluding hydrogens is 413 g/mol. The molecule has 146 valence electrons. The minimum absolute atomic E-state index is 0.346. The molecule has 0 aliphatic rings. The van der Waals surface area contributed by atoms with Crippen LogP contribution in [0, 0.1) is 13.8 Å².